The topological polar surface area (TPSA) is 54.5 Å². The van der Waals surface area contributed by atoms with E-state index in [1.54, 1.807) is 6.20 Å². The first kappa shape index (κ1) is 13.9. The molecule has 1 N–H and O–H groups in total. The number of hydrogen-bond acceptors (Lipinski definition) is 5. The number of aromatic nitrogens is 1. The highest BCUT2D eigenvalue weighted by Crippen LogP contribution is 2.34. The fraction of sp³-hybridized carbons (Fsp3) is 0.333. The summed E-state index contributed by atoms with van der Waals surface area (Å²) >= 11 is 1.42. The van der Waals surface area contributed by atoms with Gasteiger partial charge in [0.15, 0.2) is 5.13 Å². The van der Waals surface area contributed by atoms with E-state index in [4.69, 9.17) is 4.74 Å². The third-order valence-electron chi connectivity index (χ3n) is 3.57. The molecule has 0 aliphatic carbocycles. The predicted octanol–water partition coefficient (Wildman–Crippen LogP) is 2.68. The zero-order chi connectivity index (χ0) is 14.8. The molecule has 110 valence electrons. The van der Waals surface area contributed by atoms with E-state index in [-0.39, 0.29) is 11.9 Å². The minimum Gasteiger partial charge on any atom is -0.489 e. The molecule has 2 aromatic rings. The van der Waals surface area contributed by atoms with E-state index in [0.717, 1.165) is 11.4 Å². The normalized spacial score (nSPS) is 17.0. The summed E-state index contributed by atoms with van der Waals surface area (Å²) in [6, 6.07) is 6.14. The van der Waals surface area contributed by atoms with Crippen LogP contribution in [0, 0.1) is 6.92 Å². The summed E-state index contributed by atoms with van der Waals surface area (Å²) in [4.78, 5) is 18.2. The van der Waals surface area contributed by atoms with Crippen molar-refractivity contribution >= 4 is 28.1 Å². The Bertz CT molecular complexity index is 642. The summed E-state index contributed by atoms with van der Waals surface area (Å²) in [5, 5.41) is 5.28. The number of nitrogens with zero attached hydrogens (tertiary/aromatic N) is 2. The van der Waals surface area contributed by atoms with Crippen molar-refractivity contribution < 1.29 is 9.53 Å². The molecule has 2 heterocycles. The van der Waals surface area contributed by atoms with Gasteiger partial charge in [-0.25, -0.2) is 4.98 Å². The number of anilines is 2. The maximum atomic E-state index is 12.1. The lowest BCUT2D eigenvalue weighted by Crippen LogP contribution is -2.42. The number of carbonyl (C=O) groups is 1. The van der Waals surface area contributed by atoms with Crippen molar-refractivity contribution in [3.05, 3.63) is 35.3 Å². The molecular weight excluding hydrogens is 286 g/mol. The maximum Gasteiger partial charge on any atom is 0.228 e. The minimum atomic E-state index is -0.0408. The summed E-state index contributed by atoms with van der Waals surface area (Å²) < 4.78 is 5.79. The molecule has 3 rings (SSSR count). The Morgan fingerprint density at radius 2 is 2.43 bits per heavy atom. The van der Waals surface area contributed by atoms with Gasteiger partial charge in [0.2, 0.25) is 5.91 Å². The number of thiazole rings is 1. The number of carbonyl (C=O) groups excluding carboxylic acids is 1. The van der Waals surface area contributed by atoms with Crippen molar-refractivity contribution in [1.82, 2.24) is 4.98 Å². The number of nitrogens with one attached hydrogen (secondary N) is 1. The minimum absolute atomic E-state index is 0.0279. The van der Waals surface area contributed by atoms with Gasteiger partial charge in [0.1, 0.15) is 12.4 Å². The second-order valence-electron chi connectivity index (χ2n) is 5.14. The molecule has 1 unspecified atom stereocenters. The Morgan fingerprint density at radius 1 is 1.57 bits per heavy atom. The molecule has 1 atom stereocenters. The van der Waals surface area contributed by atoms with Crippen LogP contribution in [0.1, 0.15) is 12.0 Å². The molecule has 1 aliphatic rings. The van der Waals surface area contributed by atoms with E-state index in [1.807, 2.05) is 31.5 Å². The Balaban J connectivity index is 1.67. The van der Waals surface area contributed by atoms with Crippen LogP contribution in [0.25, 0.3) is 0 Å². The average molecular weight is 303 g/mol. The number of rotatable bonds is 3. The number of ether oxygens (including phenoxy) is 1. The Morgan fingerprint density at radius 3 is 3.19 bits per heavy atom. The summed E-state index contributed by atoms with van der Waals surface area (Å²) in [6.45, 7) is 2.55. The van der Waals surface area contributed by atoms with Crippen LogP contribution < -0.4 is 15.0 Å². The molecule has 21 heavy (non-hydrogen) atoms. The summed E-state index contributed by atoms with van der Waals surface area (Å²) in [7, 11) is 2.00. The first-order valence-corrected chi connectivity index (χ1v) is 7.67. The molecule has 0 radical (unpaired) electrons. The van der Waals surface area contributed by atoms with E-state index in [9.17, 15) is 4.79 Å². The largest absolute Gasteiger partial charge is 0.489 e. The number of aryl methyl sites for hydroxylation is 1. The Hall–Kier alpha value is -2.08. The third kappa shape index (κ3) is 3.00. The van der Waals surface area contributed by atoms with E-state index in [1.165, 1.54) is 16.9 Å². The van der Waals surface area contributed by atoms with Crippen molar-refractivity contribution in [1.29, 1.82) is 0 Å². The highest BCUT2D eigenvalue weighted by molar-refractivity contribution is 7.13. The summed E-state index contributed by atoms with van der Waals surface area (Å²) in [5.74, 6) is 0.843. The molecule has 1 aromatic carbocycles. The van der Waals surface area contributed by atoms with E-state index in [2.05, 4.69) is 21.3 Å². The van der Waals surface area contributed by atoms with Crippen LogP contribution in [0.3, 0.4) is 0 Å². The van der Waals surface area contributed by atoms with Gasteiger partial charge < -0.3 is 15.0 Å². The maximum absolute atomic E-state index is 12.1. The van der Waals surface area contributed by atoms with Gasteiger partial charge in [0.05, 0.1) is 18.2 Å². The smallest absolute Gasteiger partial charge is 0.228 e. The summed E-state index contributed by atoms with van der Waals surface area (Å²) in [6.07, 6.45) is 2.05. The second kappa shape index (κ2) is 5.73. The first-order valence-electron chi connectivity index (χ1n) is 6.79. The molecule has 1 aliphatic heterocycles. The lowest BCUT2D eigenvalue weighted by atomic mass is 10.1. The van der Waals surface area contributed by atoms with Crippen LogP contribution in [-0.4, -0.2) is 30.6 Å². The number of hydrogen-bond donors (Lipinski definition) is 1. The van der Waals surface area contributed by atoms with Crippen LogP contribution in [-0.2, 0) is 4.79 Å². The third-order valence-corrected chi connectivity index (χ3v) is 4.26. The average Bonchev–Trinajstić information content (AvgIpc) is 2.94. The van der Waals surface area contributed by atoms with Gasteiger partial charge in [-0.15, -0.1) is 11.3 Å². The van der Waals surface area contributed by atoms with Gasteiger partial charge in [0.25, 0.3) is 0 Å². The highest BCUT2D eigenvalue weighted by atomic mass is 32.1. The van der Waals surface area contributed by atoms with Gasteiger partial charge >= 0.3 is 0 Å². The van der Waals surface area contributed by atoms with Crippen LogP contribution in [0.4, 0.5) is 10.8 Å². The molecule has 0 saturated heterocycles. The Kier molecular flexibility index (Phi) is 3.79. The lowest BCUT2D eigenvalue weighted by Gasteiger charge is -2.35. The summed E-state index contributed by atoms with van der Waals surface area (Å²) in [5.41, 5.74) is 2.20. The molecule has 0 fully saturated rings. The van der Waals surface area contributed by atoms with Gasteiger partial charge in [-0.1, -0.05) is 6.07 Å². The van der Waals surface area contributed by atoms with Crippen molar-refractivity contribution in [2.45, 2.75) is 19.4 Å². The fourth-order valence-corrected chi connectivity index (χ4v) is 2.93. The van der Waals surface area contributed by atoms with Gasteiger partial charge in [0, 0.05) is 18.6 Å². The van der Waals surface area contributed by atoms with Crippen molar-refractivity contribution in [2.75, 3.05) is 23.9 Å². The van der Waals surface area contributed by atoms with Gasteiger partial charge in [-0.2, -0.15) is 0 Å². The number of fused-ring (bicyclic) bond motifs is 1. The van der Waals surface area contributed by atoms with Gasteiger partial charge in [-0.3, -0.25) is 4.79 Å². The monoisotopic (exact) mass is 303 g/mol. The van der Waals surface area contributed by atoms with Crippen LogP contribution >= 0.6 is 11.3 Å². The number of amides is 1. The van der Waals surface area contributed by atoms with Gasteiger partial charge in [-0.05, 0) is 24.6 Å². The standard InChI is InChI=1S/C15H17N3O2S/c1-10-3-4-12-13(7-10)20-9-11(18(12)2)8-14(19)17-15-16-5-6-21-15/h3-7,11H,8-9H2,1-2H3,(H,16,17,19). The fourth-order valence-electron chi connectivity index (χ4n) is 2.39. The van der Waals surface area contributed by atoms with E-state index < -0.39 is 0 Å². The molecule has 5 nitrogen and oxygen atoms in total. The van der Waals surface area contributed by atoms with Crippen LogP contribution in [0.2, 0.25) is 0 Å². The van der Waals surface area contributed by atoms with Crippen molar-refractivity contribution in [3.63, 3.8) is 0 Å². The first-order chi connectivity index (χ1) is 10.1. The van der Waals surface area contributed by atoms with Crippen molar-refractivity contribution in [3.8, 4) is 5.75 Å². The molecule has 0 saturated carbocycles. The molecule has 1 amide bonds. The van der Waals surface area contributed by atoms with Crippen molar-refractivity contribution in [2.24, 2.45) is 0 Å². The predicted molar refractivity (Wildman–Crippen MR) is 84.2 cm³/mol. The molecule has 6 heteroatoms. The molecular formula is C15H17N3O2S. The van der Waals surface area contributed by atoms with Crippen LogP contribution in [0.15, 0.2) is 29.8 Å². The van der Waals surface area contributed by atoms with Crippen LogP contribution in [0.5, 0.6) is 5.75 Å². The lowest BCUT2D eigenvalue weighted by molar-refractivity contribution is -0.116. The zero-order valence-corrected chi connectivity index (χ0v) is 12.8. The van der Waals surface area contributed by atoms with E-state index in [0.29, 0.717) is 18.2 Å². The Labute approximate surface area is 127 Å². The number of likely N-dealkylation sites (N-methyl/N-ethyl adjacent to an activating group) is 1. The van der Waals surface area contributed by atoms with E-state index >= 15 is 0 Å². The quantitative estimate of drug-likeness (QED) is 0.947. The molecule has 0 spiro atoms. The second-order valence-corrected chi connectivity index (χ2v) is 6.03. The SMILES string of the molecule is Cc1ccc2c(c1)OCC(CC(=O)Nc1nccs1)N2C. The highest BCUT2D eigenvalue weighted by Gasteiger charge is 2.26. The number of benzene rings is 1. The molecule has 1 aromatic heterocycles. The zero-order valence-electron chi connectivity index (χ0n) is 12.0. The molecule has 0 bridgehead atoms.